The molecule has 0 spiro atoms. The first-order valence-corrected chi connectivity index (χ1v) is 10.2. The van der Waals surface area contributed by atoms with Crippen LogP contribution < -0.4 is 9.62 Å². The summed E-state index contributed by atoms with van der Waals surface area (Å²) in [7, 11) is -0.475. The van der Waals surface area contributed by atoms with E-state index in [-0.39, 0.29) is 17.2 Å². The van der Waals surface area contributed by atoms with Crippen LogP contribution in [0.2, 0.25) is 0 Å². The highest BCUT2D eigenvalue weighted by atomic mass is 32.2. The summed E-state index contributed by atoms with van der Waals surface area (Å²) in [5.74, 6) is -0.0699. The van der Waals surface area contributed by atoms with Crippen LogP contribution in [0.5, 0.6) is 0 Å². The predicted octanol–water partition coefficient (Wildman–Crippen LogP) is 2.52. The van der Waals surface area contributed by atoms with Gasteiger partial charge in [-0.3, -0.25) is 9.10 Å². The second-order valence-corrected chi connectivity index (χ2v) is 8.29. The van der Waals surface area contributed by atoms with E-state index in [1.165, 1.54) is 11.4 Å². The Hall–Kier alpha value is -2.38. The van der Waals surface area contributed by atoms with Crippen LogP contribution in [-0.2, 0) is 26.0 Å². The molecular weight excluding hydrogens is 364 g/mol. The monoisotopic (exact) mass is 390 g/mol. The van der Waals surface area contributed by atoms with Gasteiger partial charge in [-0.05, 0) is 43.2 Å². The van der Waals surface area contributed by atoms with Crippen LogP contribution >= 0.6 is 0 Å². The van der Waals surface area contributed by atoms with E-state index in [4.69, 9.17) is 4.74 Å². The number of nitrogens with one attached hydrogen (secondary N) is 1. The number of ether oxygens (including phenoxy) is 1. The molecule has 0 atom stereocenters. The third-order valence-electron chi connectivity index (χ3n) is 4.19. The number of carbonyl (C=O) groups excluding carboxylic acids is 1. The topological polar surface area (TPSA) is 75.7 Å². The molecule has 0 bridgehead atoms. The van der Waals surface area contributed by atoms with E-state index >= 15 is 0 Å². The molecule has 1 N–H and O–H groups in total. The summed E-state index contributed by atoms with van der Waals surface area (Å²) < 4.78 is 31.6. The van der Waals surface area contributed by atoms with Gasteiger partial charge in [0, 0.05) is 27.3 Å². The minimum Gasteiger partial charge on any atom is -0.385 e. The van der Waals surface area contributed by atoms with Gasteiger partial charge in [-0.2, -0.15) is 0 Å². The van der Waals surface area contributed by atoms with Gasteiger partial charge in [0.05, 0.1) is 17.0 Å². The fourth-order valence-electron chi connectivity index (χ4n) is 2.52. The lowest BCUT2D eigenvalue weighted by Crippen LogP contribution is -2.27. The van der Waals surface area contributed by atoms with Gasteiger partial charge in [0.2, 0.25) is 5.91 Å². The van der Waals surface area contributed by atoms with Gasteiger partial charge in [0.1, 0.15) is 0 Å². The van der Waals surface area contributed by atoms with Crippen LogP contribution in [-0.4, -0.2) is 41.6 Å². The molecule has 0 aliphatic heterocycles. The summed E-state index contributed by atoms with van der Waals surface area (Å²) in [6, 6.07) is 13.7. The molecule has 2 rings (SSSR count). The number of sulfonamides is 1. The smallest absolute Gasteiger partial charge is 0.264 e. The average Bonchev–Trinajstić information content (AvgIpc) is 2.65. The van der Waals surface area contributed by atoms with E-state index in [1.54, 1.807) is 55.6 Å². The van der Waals surface area contributed by atoms with E-state index in [0.29, 0.717) is 18.8 Å². The third-order valence-corrected chi connectivity index (χ3v) is 5.99. The fourth-order valence-corrected chi connectivity index (χ4v) is 3.72. The SMILES string of the molecule is COCCCNC(=O)Cc1ccc(N(C)S(=O)(=O)c2ccc(C)cc2)cc1. The van der Waals surface area contributed by atoms with Gasteiger partial charge >= 0.3 is 0 Å². The molecule has 0 aromatic heterocycles. The summed E-state index contributed by atoms with van der Waals surface area (Å²) in [4.78, 5) is 12.2. The molecule has 6 nitrogen and oxygen atoms in total. The van der Waals surface area contributed by atoms with E-state index in [1.807, 2.05) is 6.92 Å². The molecular formula is C20H26N2O4S. The maximum Gasteiger partial charge on any atom is 0.264 e. The number of anilines is 1. The van der Waals surface area contributed by atoms with E-state index < -0.39 is 10.0 Å². The Bertz CT molecular complexity index is 847. The van der Waals surface area contributed by atoms with Crippen LogP contribution in [0.4, 0.5) is 5.69 Å². The normalized spacial score (nSPS) is 11.2. The van der Waals surface area contributed by atoms with Crippen molar-refractivity contribution in [3.8, 4) is 0 Å². The summed E-state index contributed by atoms with van der Waals surface area (Å²) in [6.07, 6.45) is 1.02. The molecule has 2 aromatic carbocycles. The zero-order valence-corrected chi connectivity index (χ0v) is 16.8. The van der Waals surface area contributed by atoms with Crippen molar-refractivity contribution >= 4 is 21.6 Å². The molecule has 0 radical (unpaired) electrons. The minimum absolute atomic E-state index is 0.0699. The molecule has 27 heavy (non-hydrogen) atoms. The van der Waals surface area contributed by atoms with Gasteiger partial charge in [0.25, 0.3) is 10.0 Å². The second kappa shape index (κ2) is 9.53. The summed E-state index contributed by atoms with van der Waals surface area (Å²) in [5.41, 5.74) is 2.37. The zero-order valence-electron chi connectivity index (χ0n) is 15.9. The summed E-state index contributed by atoms with van der Waals surface area (Å²) >= 11 is 0. The Morgan fingerprint density at radius 3 is 2.30 bits per heavy atom. The maximum absolute atomic E-state index is 12.7. The van der Waals surface area contributed by atoms with Gasteiger partial charge in [-0.15, -0.1) is 0 Å². The predicted molar refractivity (Wildman–Crippen MR) is 106 cm³/mol. The number of methoxy groups -OCH3 is 1. The van der Waals surface area contributed by atoms with E-state index in [2.05, 4.69) is 5.32 Å². The molecule has 0 fully saturated rings. The first-order chi connectivity index (χ1) is 12.8. The molecule has 2 aromatic rings. The second-order valence-electron chi connectivity index (χ2n) is 6.33. The van der Waals surface area contributed by atoms with Gasteiger partial charge in [-0.1, -0.05) is 29.8 Å². The maximum atomic E-state index is 12.7. The lowest BCUT2D eigenvalue weighted by molar-refractivity contribution is -0.120. The Morgan fingerprint density at radius 2 is 1.70 bits per heavy atom. The molecule has 0 unspecified atom stereocenters. The fraction of sp³-hybridized carbons (Fsp3) is 0.350. The molecule has 0 aliphatic rings. The van der Waals surface area contributed by atoms with Crippen molar-refractivity contribution in [1.29, 1.82) is 0 Å². The van der Waals surface area contributed by atoms with Crippen LogP contribution in [0.1, 0.15) is 17.5 Å². The van der Waals surface area contributed by atoms with Crippen molar-refractivity contribution in [2.45, 2.75) is 24.7 Å². The molecule has 0 saturated heterocycles. The Labute approximate surface area is 161 Å². The number of rotatable bonds is 9. The molecule has 7 heteroatoms. The summed E-state index contributed by atoms with van der Waals surface area (Å²) in [5, 5.41) is 2.83. The quantitative estimate of drug-likeness (QED) is 0.668. The Morgan fingerprint density at radius 1 is 1.07 bits per heavy atom. The lowest BCUT2D eigenvalue weighted by Gasteiger charge is -2.20. The van der Waals surface area contributed by atoms with Crippen molar-refractivity contribution in [3.63, 3.8) is 0 Å². The molecule has 1 amide bonds. The van der Waals surface area contributed by atoms with E-state index in [9.17, 15) is 13.2 Å². The number of hydrogen-bond acceptors (Lipinski definition) is 4. The third kappa shape index (κ3) is 5.80. The minimum atomic E-state index is -3.62. The summed E-state index contributed by atoms with van der Waals surface area (Å²) in [6.45, 7) is 3.09. The number of aryl methyl sites for hydroxylation is 1. The molecule has 0 aliphatic carbocycles. The highest BCUT2D eigenvalue weighted by Crippen LogP contribution is 2.22. The number of nitrogens with zero attached hydrogens (tertiary/aromatic N) is 1. The molecule has 0 heterocycles. The van der Waals surface area contributed by atoms with E-state index in [0.717, 1.165) is 17.5 Å². The Kier molecular flexibility index (Phi) is 7.38. The Balaban J connectivity index is 2.01. The zero-order chi connectivity index (χ0) is 19.9. The van der Waals surface area contributed by atoms with Crippen LogP contribution in [0.25, 0.3) is 0 Å². The molecule has 146 valence electrons. The number of carbonyl (C=O) groups is 1. The average molecular weight is 391 g/mol. The number of amides is 1. The highest BCUT2D eigenvalue weighted by molar-refractivity contribution is 7.92. The van der Waals surface area contributed by atoms with Crippen molar-refractivity contribution in [2.75, 3.05) is 31.6 Å². The first-order valence-electron chi connectivity index (χ1n) is 8.75. The van der Waals surface area contributed by atoms with Crippen LogP contribution in [0, 0.1) is 6.92 Å². The first kappa shape index (κ1) is 20.9. The van der Waals surface area contributed by atoms with Gasteiger partial charge < -0.3 is 10.1 Å². The van der Waals surface area contributed by atoms with Crippen LogP contribution in [0.15, 0.2) is 53.4 Å². The van der Waals surface area contributed by atoms with Crippen molar-refractivity contribution in [3.05, 3.63) is 59.7 Å². The number of benzene rings is 2. The largest absolute Gasteiger partial charge is 0.385 e. The van der Waals surface area contributed by atoms with Crippen molar-refractivity contribution in [1.82, 2.24) is 5.32 Å². The van der Waals surface area contributed by atoms with Gasteiger partial charge in [0.15, 0.2) is 0 Å². The van der Waals surface area contributed by atoms with Crippen LogP contribution in [0.3, 0.4) is 0 Å². The van der Waals surface area contributed by atoms with Gasteiger partial charge in [-0.25, -0.2) is 8.42 Å². The highest BCUT2D eigenvalue weighted by Gasteiger charge is 2.21. The lowest BCUT2D eigenvalue weighted by atomic mass is 10.1. The molecule has 0 saturated carbocycles. The van der Waals surface area contributed by atoms with Crippen molar-refractivity contribution < 1.29 is 17.9 Å². The standard InChI is InChI=1S/C20H26N2O4S/c1-16-5-11-19(12-6-16)27(24,25)22(2)18-9-7-17(8-10-18)15-20(23)21-13-4-14-26-3/h5-12H,4,13-15H2,1-3H3,(H,21,23). The number of hydrogen-bond donors (Lipinski definition) is 1. The van der Waals surface area contributed by atoms with Crippen molar-refractivity contribution in [2.24, 2.45) is 0 Å².